The summed E-state index contributed by atoms with van der Waals surface area (Å²) in [7, 11) is 1.63. The highest BCUT2D eigenvalue weighted by Gasteiger charge is 2.15. The number of benzene rings is 2. The smallest absolute Gasteiger partial charge is 0.312 e. The number of aromatic nitrogens is 4. The molecule has 8 heteroatoms. The number of ketones is 1. The van der Waals surface area contributed by atoms with Crippen molar-refractivity contribution in [2.45, 2.75) is 20.0 Å². The van der Waals surface area contributed by atoms with Crippen LogP contribution in [0.1, 0.15) is 28.4 Å². The van der Waals surface area contributed by atoms with Gasteiger partial charge in [-0.2, -0.15) is 0 Å². The van der Waals surface area contributed by atoms with Crippen molar-refractivity contribution >= 4 is 28.5 Å². The first-order chi connectivity index (χ1) is 14.4. The number of halogens is 1. The number of aryl methyl sites for hydroxylation is 1. The first-order valence-corrected chi connectivity index (χ1v) is 9.82. The predicted octanol–water partition coefficient (Wildman–Crippen LogP) is 2.85. The summed E-state index contributed by atoms with van der Waals surface area (Å²) in [5.74, 6) is -0.0891. The van der Waals surface area contributed by atoms with Gasteiger partial charge in [0.05, 0.1) is 12.9 Å². The Morgan fingerprint density at radius 3 is 2.20 bits per heavy atom. The number of hydrogen-bond acceptors (Lipinski definition) is 4. The summed E-state index contributed by atoms with van der Waals surface area (Å²) >= 11 is 5.88. The van der Waals surface area contributed by atoms with Gasteiger partial charge in [-0.1, -0.05) is 35.9 Å². The van der Waals surface area contributed by atoms with E-state index in [-0.39, 0.29) is 23.5 Å². The Balaban J connectivity index is 1.65. The lowest BCUT2D eigenvalue weighted by molar-refractivity contribution is 0.103. The second-order valence-corrected chi connectivity index (χ2v) is 7.41. The minimum absolute atomic E-state index is 0.0891. The predicted molar refractivity (Wildman–Crippen MR) is 115 cm³/mol. The van der Waals surface area contributed by atoms with Gasteiger partial charge in [0.2, 0.25) is 0 Å². The molecule has 2 aromatic carbocycles. The fourth-order valence-corrected chi connectivity index (χ4v) is 3.61. The molecule has 152 valence electrons. The molecule has 0 saturated carbocycles. The molecule has 0 N–H and O–H groups in total. The normalized spacial score (nSPS) is 11.2. The van der Waals surface area contributed by atoms with E-state index >= 15 is 0 Å². The van der Waals surface area contributed by atoms with Crippen LogP contribution < -0.4 is 11.2 Å². The second-order valence-electron chi connectivity index (χ2n) is 6.97. The molecule has 7 nitrogen and oxygen atoms in total. The zero-order chi connectivity index (χ0) is 21.4. The van der Waals surface area contributed by atoms with Crippen LogP contribution in [0.2, 0.25) is 5.02 Å². The van der Waals surface area contributed by atoms with Gasteiger partial charge in [0.1, 0.15) is 5.65 Å². The van der Waals surface area contributed by atoms with E-state index in [2.05, 4.69) is 4.98 Å². The van der Waals surface area contributed by atoms with Gasteiger partial charge in [-0.15, -0.1) is 0 Å². The Kier molecular flexibility index (Phi) is 5.13. The van der Waals surface area contributed by atoms with Crippen molar-refractivity contribution in [3.63, 3.8) is 0 Å². The highest BCUT2D eigenvalue weighted by atomic mass is 35.5. The van der Waals surface area contributed by atoms with Crippen LogP contribution in [0.4, 0.5) is 0 Å². The highest BCUT2D eigenvalue weighted by Crippen LogP contribution is 2.16. The summed E-state index contributed by atoms with van der Waals surface area (Å²) in [4.78, 5) is 41.8. The molecule has 0 bridgehead atoms. The lowest BCUT2D eigenvalue weighted by atomic mass is 10.0. The van der Waals surface area contributed by atoms with Crippen LogP contribution in [0.15, 0.2) is 64.4 Å². The average Bonchev–Trinajstić information content (AvgIpc) is 3.17. The van der Waals surface area contributed by atoms with Crippen LogP contribution in [-0.4, -0.2) is 24.5 Å². The quantitative estimate of drug-likeness (QED) is 0.463. The van der Waals surface area contributed by atoms with E-state index < -0.39 is 5.56 Å². The minimum atomic E-state index is -0.391. The average molecular weight is 423 g/mol. The standard InChI is InChI=1S/C22H19ClN4O3/c1-3-27-21(29)18-20(25(2)22(27)30)26(13-24-18)12-14-4-6-15(7-5-14)19(28)16-8-10-17(23)11-9-16/h4-11,13H,3,12H2,1-2H3. The number of hydrogen-bond donors (Lipinski definition) is 0. The van der Waals surface area contributed by atoms with Gasteiger partial charge < -0.3 is 4.57 Å². The third-order valence-electron chi connectivity index (χ3n) is 5.09. The van der Waals surface area contributed by atoms with Crippen molar-refractivity contribution in [3.8, 4) is 0 Å². The molecule has 0 aliphatic heterocycles. The number of rotatable bonds is 5. The van der Waals surface area contributed by atoms with Gasteiger partial charge in [0.15, 0.2) is 11.3 Å². The molecule has 0 aliphatic rings. The third-order valence-corrected chi connectivity index (χ3v) is 5.34. The van der Waals surface area contributed by atoms with E-state index in [4.69, 9.17) is 11.6 Å². The van der Waals surface area contributed by atoms with Crippen LogP contribution in [0.25, 0.3) is 11.2 Å². The van der Waals surface area contributed by atoms with Crippen molar-refractivity contribution in [2.24, 2.45) is 7.05 Å². The van der Waals surface area contributed by atoms with Gasteiger partial charge >= 0.3 is 5.69 Å². The molecule has 4 rings (SSSR count). The summed E-state index contributed by atoms with van der Waals surface area (Å²) < 4.78 is 4.36. The molecule has 0 spiro atoms. The summed E-state index contributed by atoms with van der Waals surface area (Å²) in [6, 6.07) is 14.0. The Morgan fingerprint density at radius 1 is 1.00 bits per heavy atom. The summed E-state index contributed by atoms with van der Waals surface area (Å²) in [5.41, 5.74) is 2.00. The topological polar surface area (TPSA) is 78.9 Å². The number of fused-ring (bicyclic) bond motifs is 1. The van der Waals surface area contributed by atoms with Gasteiger partial charge in [-0.25, -0.2) is 9.78 Å². The van der Waals surface area contributed by atoms with Crippen molar-refractivity contribution in [1.82, 2.24) is 18.7 Å². The Bertz CT molecular complexity index is 1360. The minimum Gasteiger partial charge on any atom is -0.312 e. The zero-order valence-corrected chi connectivity index (χ0v) is 17.3. The molecule has 0 radical (unpaired) electrons. The van der Waals surface area contributed by atoms with Gasteiger partial charge in [0.25, 0.3) is 5.56 Å². The van der Waals surface area contributed by atoms with E-state index in [1.54, 1.807) is 61.3 Å². The molecule has 4 aromatic rings. The van der Waals surface area contributed by atoms with Crippen LogP contribution in [-0.2, 0) is 20.1 Å². The first kappa shape index (κ1) is 19.8. The van der Waals surface area contributed by atoms with Crippen LogP contribution in [0.3, 0.4) is 0 Å². The Morgan fingerprint density at radius 2 is 1.60 bits per heavy atom. The molecule has 0 unspecified atom stereocenters. The number of carbonyl (C=O) groups is 1. The zero-order valence-electron chi connectivity index (χ0n) is 16.5. The molecular weight excluding hydrogens is 404 g/mol. The maximum Gasteiger partial charge on any atom is 0.332 e. The summed E-state index contributed by atoms with van der Waals surface area (Å²) in [6.45, 7) is 2.45. The van der Waals surface area contributed by atoms with E-state index in [1.807, 2.05) is 12.1 Å². The molecule has 0 atom stereocenters. The fourth-order valence-electron chi connectivity index (χ4n) is 3.49. The first-order valence-electron chi connectivity index (χ1n) is 9.44. The second kappa shape index (κ2) is 7.76. The molecule has 0 saturated heterocycles. The lowest BCUT2D eigenvalue weighted by Gasteiger charge is -2.10. The molecule has 0 amide bonds. The van der Waals surface area contributed by atoms with Crippen molar-refractivity contribution in [2.75, 3.05) is 0 Å². The van der Waals surface area contributed by atoms with E-state index in [0.717, 1.165) is 10.1 Å². The van der Waals surface area contributed by atoms with Crippen LogP contribution in [0.5, 0.6) is 0 Å². The van der Waals surface area contributed by atoms with Crippen LogP contribution >= 0.6 is 11.6 Å². The monoisotopic (exact) mass is 422 g/mol. The van der Waals surface area contributed by atoms with Gasteiger partial charge in [0, 0.05) is 29.7 Å². The van der Waals surface area contributed by atoms with Crippen LogP contribution in [0, 0.1) is 0 Å². The maximum atomic E-state index is 12.6. The van der Waals surface area contributed by atoms with Gasteiger partial charge in [-0.3, -0.25) is 18.7 Å². The molecule has 0 aliphatic carbocycles. The van der Waals surface area contributed by atoms with Crippen molar-refractivity contribution < 1.29 is 4.79 Å². The molecule has 30 heavy (non-hydrogen) atoms. The molecule has 0 fully saturated rings. The molecular formula is C22H19ClN4O3. The molecule has 2 heterocycles. The summed E-state index contributed by atoms with van der Waals surface area (Å²) in [6.07, 6.45) is 1.55. The third kappa shape index (κ3) is 3.37. The Hall–Kier alpha value is -3.45. The highest BCUT2D eigenvalue weighted by molar-refractivity contribution is 6.30. The fraction of sp³-hybridized carbons (Fsp3) is 0.182. The largest absolute Gasteiger partial charge is 0.332 e. The number of nitrogens with zero attached hydrogens (tertiary/aromatic N) is 4. The Labute approximate surface area is 176 Å². The molecule has 2 aromatic heterocycles. The van der Waals surface area contributed by atoms with E-state index in [1.165, 1.54) is 4.57 Å². The SMILES string of the molecule is CCn1c(=O)c2ncn(Cc3ccc(C(=O)c4ccc(Cl)cc4)cc3)c2n(C)c1=O. The summed E-state index contributed by atoms with van der Waals surface area (Å²) in [5, 5.41) is 0.578. The van der Waals surface area contributed by atoms with Crippen molar-refractivity contribution in [3.05, 3.63) is 97.4 Å². The van der Waals surface area contributed by atoms with E-state index in [0.29, 0.717) is 28.3 Å². The number of carbonyl (C=O) groups excluding carboxylic acids is 1. The van der Waals surface area contributed by atoms with Crippen molar-refractivity contribution in [1.29, 1.82) is 0 Å². The van der Waals surface area contributed by atoms with Gasteiger partial charge in [-0.05, 0) is 36.8 Å². The number of imidazole rings is 1. The maximum absolute atomic E-state index is 12.6. The van der Waals surface area contributed by atoms with E-state index in [9.17, 15) is 14.4 Å². The lowest BCUT2D eigenvalue weighted by Crippen LogP contribution is -2.39.